The van der Waals surface area contributed by atoms with E-state index in [9.17, 15) is 14.7 Å². The Hall–Kier alpha value is -4.61. The quantitative estimate of drug-likeness (QED) is 0.238. The van der Waals surface area contributed by atoms with E-state index in [2.05, 4.69) is 22.2 Å². The predicted octanol–water partition coefficient (Wildman–Crippen LogP) is 6.08. The van der Waals surface area contributed by atoms with Crippen LogP contribution in [0.2, 0.25) is 0 Å². The van der Waals surface area contributed by atoms with E-state index in [4.69, 9.17) is 9.72 Å². The van der Waals surface area contributed by atoms with Gasteiger partial charge in [0, 0.05) is 68.1 Å². The standard InChI is InChI=1S/C39H44N6O4S/c1-26-9-10-29(24-40-26)36-42-27(2)35(50-36)38(47)44-20-16-33(34(25-44)28-7-5-4-6-8-28)37(46)43-21-17-39(48,18-22-43)23-31-15-19-41-45(31)30-11-13-32(49-3)14-12-30/h4-14,19,24,31,33-34,48H,15-18,20-23,25H2,1-3H3/t31?,33-,34+/m1/s1. The molecule has 260 valence electrons. The van der Waals surface area contributed by atoms with Gasteiger partial charge in [-0.15, -0.1) is 11.3 Å². The average molecular weight is 693 g/mol. The van der Waals surface area contributed by atoms with Gasteiger partial charge < -0.3 is 19.6 Å². The maximum Gasteiger partial charge on any atom is 0.265 e. The highest BCUT2D eigenvalue weighted by Gasteiger charge is 2.43. The molecule has 0 spiro atoms. The zero-order valence-electron chi connectivity index (χ0n) is 28.9. The topological polar surface area (TPSA) is 111 Å². The average Bonchev–Trinajstić information content (AvgIpc) is 3.77. The van der Waals surface area contributed by atoms with E-state index >= 15 is 0 Å². The van der Waals surface area contributed by atoms with Crippen LogP contribution in [0.25, 0.3) is 10.6 Å². The Kier molecular flexibility index (Phi) is 9.70. The molecule has 3 aliphatic rings. The van der Waals surface area contributed by atoms with Gasteiger partial charge >= 0.3 is 0 Å². The van der Waals surface area contributed by atoms with Crippen LogP contribution in [0, 0.1) is 19.8 Å². The van der Waals surface area contributed by atoms with E-state index in [-0.39, 0.29) is 29.7 Å². The fourth-order valence-electron chi connectivity index (χ4n) is 7.58. The molecular weight excluding hydrogens is 649 g/mol. The predicted molar refractivity (Wildman–Crippen MR) is 196 cm³/mol. The molecule has 10 nitrogen and oxygen atoms in total. The van der Waals surface area contributed by atoms with Crippen LogP contribution < -0.4 is 9.75 Å². The normalized spacial score (nSPS) is 21.8. The number of aryl methyl sites for hydroxylation is 2. The van der Waals surface area contributed by atoms with E-state index in [1.807, 2.05) is 89.5 Å². The fraction of sp³-hybridized carbons (Fsp3) is 0.410. The molecule has 3 aliphatic heterocycles. The van der Waals surface area contributed by atoms with Gasteiger partial charge in [-0.1, -0.05) is 30.3 Å². The minimum Gasteiger partial charge on any atom is -0.497 e. The second kappa shape index (κ2) is 14.3. The molecule has 0 aliphatic carbocycles. The van der Waals surface area contributed by atoms with Crippen molar-refractivity contribution < 1.29 is 19.4 Å². The Morgan fingerprint density at radius 3 is 2.44 bits per heavy atom. The van der Waals surface area contributed by atoms with Gasteiger partial charge in [0.2, 0.25) is 5.91 Å². The summed E-state index contributed by atoms with van der Waals surface area (Å²) in [6.45, 7) is 5.79. The van der Waals surface area contributed by atoms with Gasteiger partial charge in [-0.05, 0) is 81.5 Å². The monoisotopic (exact) mass is 692 g/mol. The number of anilines is 1. The Morgan fingerprint density at radius 1 is 0.980 bits per heavy atom. The first-order chi connectivity index (χ1) is 24.2. The van der Waals surface area contributed by atoms with E-state index < -0.39 is 5.60 Å². The van der Waals surface area contributed by atoms with Crippen LogP contribution in [-0.2, 0) is 4.79 Å². The fourth-order valence-corrected chi connectivity index (χ4v) is 8.60. The molecule has 2 amide bonds. The van der Waals surface area contributed by atoms with Crippen LogP contribution in [0.5, 0.6) is 5.75 Å². The lowest BCUT2D eigenvalue weighted by Crippen LogP contribution is -2.53. The molecule has 7 rings (SSSR count). The minimum absolute atomic E-state index is 0.0410. The lowest BCUT2D eigenvalue weighted by Gasteiger charge is -2.44. The van der Waals surface area contributed by atoms with Crippen LogP contribution in [0.15, 0.2) is 78.0 Å². The third-order valence-electron chi connectivity index (χ3n) is 10.5. The van der Waals surface area contributed by atoms with E-state index in [0.717, 1.165) is 39.7 Å². The highest BCUT2D eigenvalue weighted by atomic mass is 32.1. The Balaban J connectivity index is 1.01. The van der Waals surface area contributed by atoms with Crippen LogP contribution in [0.3, 0.4) is 0 Å². The van der Waals surface area contributed by atoms with Crippen molar-refractivity contribution in [1.82, 2.24) is 19.8 Å². The Labute approximate surface area is 297 Å². The molecule has 2 aromatic heterocycles. The van der Waals surface area contributed by atoms with Crippen molar-refractivity contribution in [3.05, 3.63) is 94.8 Å². The van der Waals surface area contributed by atoms with Gasteiger partial charge in [0.25, 0.3) is 5.91 Å². The molecule has 0 radical (unpaired) electrons. The van der Waals surface area contributed by atoms with Crippen molar-refractivity contribution in [2.75, 3.05) is 38.3 Å². The maximum absolute atomic E-state index is 14.3. The van der Waals surface area contributed by atoms with E-state index in [0.29, 0.717) is 62.4 Å². The Morgan fingerprint density at radius 2 is 1.74 bits per heavy atom. The largest absolute Gasteiger partial charge is 0.497 e. The van der Waals surface area contributed by atoms with Crippen LogP contribution >= 0.6 is 11.3 Å². The van der Waals surface area contributed by atoms with E-state index in [1.54, 1.807) is 13.3 Å². The molecule has 0 bridgehead atoms. The van der Waals surface area contributed by atoms with Gasteiger partial charge in [0.1, 0.15) is 15.6 Å². The zero-order chi connectivity index (χ0) is 34.8. The SMILES string of the molecule is COc1ccc(N2N=CCC2CC2(O)CCN(C(=O)[C@@H]3CCN(C(=O)c4sc(-c5ccc(C)nc5)nc4C)C[C@H]3c3ccccc3)CC2)cc1. The number of methoxy groups -OCH3 is 1. The molecule has 50 heavy (non-hydrogen) atoms. The summed E-state index contributed by atoms with van der Waals surface area (Å²) in [5.41, 5.74) is 3.68. The molecule has 4 aromatic rings. The molecule has 2 fully saturated rings. The molecule has 1 N–H and O–H groups in total. The van der Waals surface area contributed by atoms with Crippen molar-refractivity contribution in [3.63, 3.8) is 0 Å². The molecule has 2 aromatic carbocycles. The number of rotatable bonds is 8. The first-order valence-corrected chi connectivity index (χ1v) is 18.2. The first kappa shape index (κ1) is 33.9. The molecule has 3 atom stereocenters. The van der Waals surface area contributed by atoms with Gasteiger partial charge in [-0.25, -0.2) is 4.98 Å². The highest BCUT2D eigenvalue weighted by molar-refractivity contribution is 7.17. The summed E-state index contributed by atoms with van der Waals surface area (Å²) >= 11 is 1.40. The molecule has 5 heterocycles. The lowest BCUT2D eigenvalue weighted by molar-refractivity contribution is -0.142. The van der Waals surface area contributed by atoms with Gasteiger partial charge in [-0.3, -0.25) is 19.6 Å². The second-order valence-electron chi connectivity index (χ2n) is 13.8. The van der Waals surface area contributed by atoms with Gasteiger partial charge in [0.15, 0.2) is 0 Å². The summed E-state index contributed by atoms with van der Waals surface area (Å²) in [7, 11) is 1.65. The number of likely N-dealkylation sites (tertiary alicyclic amines) is 2. The number of aromatic nitrogens is 2. The molecule has 0 saturated carbocycles. The zero-order valence-corrected chi connectivity index (χ0v) is 29.7. The summed E-state index contributed by atoms with van der Waals surface area (Å²) in [6.07, 6.45) is 6.66. The Bertz CT molecular complexity index is 1840. The van der Waals surface area contributed by atoms with Gasteiger partial charge in [0.05, 0.1) is 30.1 Å². The third-order valence-corrected chi connectivity index (χ3v) is 11.7. The minimum atomic E-state index is -0.880. The number of benzene rings is 2. The molecule has 1 unspecified atom stereocenters. The van der Waals surface area contributed by atoms with Crippen molar-refractivity contribution in [3.8, 4) is 16.3 Å². The van der Waals surface area contributed by atoms with Crippen LogP contribution in [-0.4, -0.2) is 87.8 Å². The summed E-state index contributed by atoms with van der Waals surface area (Å²) in [6, 6.07) is 21.9. The summed E-state index contributed by atoms with van der Waals surface area (Å²) in [5, 5.41) is 19.1. The summed E-state index contributed by atoms with van der Waals surface area (Å²) in [5.74, 6) is 0.473. The van der Waals surface area contributed by atoms with Crippen molar-refractivity contribution in [2.45, 2.75) is 63.5 Å². The number of hydrazone groups is 1. The summed E-state index contributed by atoms with van der Waals surface area (Å²) < 4.78 is 5.31. The van der Waals surface area contributed by atoms with Crippen LogP contribution in [0.4, 0.5) is 5.69 Å². The maximum atomic E-state index is 14.3. The number of carbonyl (C=O) groups is 2. The van der Waals surface area contributed by atoms with Crippen molar-refractivity contribution in [2.24, 2.45) is 11.0 Å². The number of piperidine rings is 2. The number of thiazole rings is 1. The van der Waals surface area contributed by atoms with Crippen molar-refractivity contribution >= 4 is 35.1 Å². The molecular formula is C39H44N6O4S. The highest BCUT2D eigenvalue weighted by Crippen LogP contribution is 2.39. The van der Waals surface area contributed by atoms with Crippen LogP contribution in [0.1, 0.15) is 64.6 Å². The first-order valence-electron chi connectivity index (χ1n) is 17.4. The number of ether oxygens (including phenoxy) is 1. The number of hydrogen-bond donors (Lipinski definition) is 1. The molecule has 2 saturated heterocycles. The number of hydrogen-bond acceptors (Lipinski definition) is 9. The second-order valence-corrected chi connectivity index (χ2v) is 14.8. The van der Waals surface area contributed by atoms with E-state index in [1.165, 1.54) is 11.3 Å². The lowest BCUT2D eigenvalue weighted by atomic mass is 9.78. The number of pyridine rings is 1. The number of amides is 2. The smallest absolute Gasteiger partial charge is 0.265 e. The number of aliphatic hydroxyl groups is 1. The number of nitrogens with zero attached hydrogens (tertiary/aromatic N) is 6. The summed E-state index contributed by atoms with van der Waals surface area (Å²) in [4.78, 5) is 41.8. The molecule has 11 heteroatoms. The van der Waals surface area contributed by atoms with Gasteiger partial charge in [-0.2, -0.15) is 5.10 Å². The third kappa shape index (κ3) is 7.02. The number of carbonyl (C=O) groups excluding carboxylic acids is 2. The van der Waals surface area contributed by atoms with Crippen molar-refractivity contribution in [1.29, 1.82) is 0 Å².